The standard InChI is InChI=1S/C14H19ClFNO/c1-17(10-14(18)7-2-3-8-14)9-11-12(15)5-4-6-13(11)16/h4-6,18H,2-3,7-10H2,1H3. The zero-order valence-corrected chi connectivity index (χ0v) is 11.4. The molecule has 0 unspecified atom stereocenters. The third kappa shape index (κ3) is 3.22. The van der Waals surface area contributed by atoms with Crippen molar-refractivity contribution in [3.8, 4) is 0 Å². The van der Waals surface area contributed by atoms with Crippen molar-refractivity contribution in [3.05, 3.63) is 34.6 Å². The average molecular weight is 272 g/mol. The first-order valence-electron chi connectivity index (χ1n) is 6.34. The van der Waals surface area contributed by atoms with Gasteiger partial charge in [0.1, 0.15) is 5.82 Å². The largest absolute Gasteiger partial charge is 0.389 e. The summed E-state index contributed by atoms with van der Waals surface area (Å²) in [5.41, 5.74) is -0.102. The van der Waals surface area contributed by atoms with E-state index in [-0.39, 0.29) is 5.82 Å². The van der Waals surface area contributed by atoms with Gasteiger partial charge in [-0.3, -0.25) is 4.90 Å². The minimum Gasteiger partial charge on any atom is -0.389 e. The molecular weight excluding hydrogens is 253 g/mol. The van der Waals surface area contributed by atoms with Crippen molar-refractivity contribution in [2.45, 2.75) is 37.8 Å². The Balaban J connectivity index is 2.00. The molecule has 1 aromatic carbocycles. The van der Waals surface area contributed by atoms with Crippen LogP contribution >= 0.6 is 11.6 Å². The fourth-order valence-corrected chi connectivity index (χ4v) is 2.93. The third-order valence-corrected chi connectivity index (χ3v) is 3.94. The lowest BCUT2D eigenvalue weighted by Crippen LogP contribution is -2.39. The van der Waals surface area contributed by atoms with Crippen LogP contribution in [0, 0.1) is 5.82 Å². The van der Waals surface area contributed by atoms with Crippen molar-refractivity contribution in [2.24, 2.45) is 0 Å². The summed E-state index contributed by atoms with van der Waals surface area (Å²) >= 11 is 6.00. The molecule has 1 aliphatic rings. The minimum absolute atomic E-state index is 0.284. The summed E-state index contributed by atoms with van der Waals surface area (Å²) in [7, 11) is 1.89. The highest BCUT2D eigenvalue weighted by Gasteiger charge is 2.32. The van der Waals surface area contributed by atoms with E-state index in [0.29, 0.717) is 23.7 Å². The SMILES string of the molecule is CN(Cc1c(F)cccc1Cl)CC1(O)CCCC1. The number of aliphatic hydroxyl groups is 1. The Labute approximate surface area is 112 Å². The van der Waals surface area contributed by atoms with Gasteiger partial charge in [-0.25, -0.2) is 4.39 Å². The summed E-state index contributed by atoms with van der Waals surface area (Å²) < 4.78 is 13.6. The molecule has 2 rings (SSSR count). The molecule has 18 heavy (non-hydrogen) atoms. The lowest BCUT2D eigenvalue weighted by molar-refractivity contribution is 0.0143. The first-order valence-corrected chi connectivity index (χ1v) is 6.72. The number of hydrogen-bond donors (Lipinski definition) is 1. The highest BCUT2D eigenvalue weighted by atomic mass is 35.5. The van der Waals surface area contributed by atoms with Crippen LogP contribution in [0.3, 0.4) is 0 Å². The summed E-state index contributed by atoms with van der Waals surface area (Å²) in [5.74, 6) is -0.284. The van der Waals surface area contributed by atoms with Crippen LogP contribution in [0.4, 0.5) is 4.39 Å². The maximum absolute atomic E-state index is 13.6. The summed E-state index contributed by atoms with van der Waals surface area (Å²) in [6.45, 7) is 0.992. The Kier molecular flexibility index (Phi) is 4.25. The normalized spacial score (nSPS) is 18.5. The molecule has 100 valence electrons. The van der Waals surface area contributed by atoms with E-state index in [1.165, 1.54) is 6.07 Å². The molecule has 0 heterocycles. The first-order chi connectivity index (χ1) is 8.50. The van der Waals surface area contributed by atoms with Gasteiger partial charge >= 0.3 is 0 Å². The van der Waals surface area contributed by atoms with Crippen LogP contribution in [0.1, 0.15) is 31.2 Å². The van der Waals surface area contributed by atoms with Gasteiger partial charge in [0.2, 0.25) is 0 Å². The molecule has 0 atom stereocenters. The summed E-state index contributed by atoms with van der Waals surface area (Å²) in [5, 5.41) is 10.8. The van der Waals surface area contributed by atoms with Crippen LogP contribution in [0.5, 0.6) is 0 Å². The second kappa shape index (κ2) is 5.55. The van der Waals surface area contributed by atoms with Crippen LogP contribution in [0.2, 0.25) is 5.02 Å². The molecule has 1 aromatic rings. The van der Waals surface area contributed by atoms with Gasteiger partial charge in [0.05, 0.1) is 5.60 Å². The van der Waals surface area contributed by atoms with Crippen molar-refractivity contribution < 1.29 is 9.50 Å². The van der Waals surface area contributed by atoms with Gasteiger partial charge in [-0.05, 0) is 32.0 Å². The molecule has 1 fully saturated rings. The summed E-state index contributed by atoms with van der Waals surface area (Å²) in [6, 6.07) is 4.71. The smallest absolute Gasteiger partial charge is 0.129 e. The molecule has 0 radical (unpaired) electrons. The minimum atomic E-state index is -0.605. The molecule has 2 nitrogen and oxygen atoms in total. The van der Waals surface area contributed by atoms with E-state index < -0.39 is 5.60 Å². The predicted octanol–water partition coefficient (Wildman–Crippen LogP) is 3.22. The monoisotopic (exact) mass is 271 g/mol. The number of benzene rings is 1. The Bertz CT molecular complexity index is 398. The van der Waals surface area contributed by atoms with E-state index in [2.05, 4.69) is 0 Å². The second-order valence-electron chi connectivity index (χ2n) is 5.30. The van der Waals surface area contributed by atoms with E-state index in [0.717, 1.165) is 25.7 Å². The third-order valence-electron chi connectivity index (χ3n) is 3.59. The number of hydrogen-bond acceptors (Lipinski definition) is 2. The lowest BCUT2D eigenvalue weighted by atomic mass is 10.0. The molecule has 0 aromatic heterocycles. The van der Waals surface area contributed by atoms with Gasteiger partial charge in [0, 0.05) is 23.7 Å². The van der Waals surface area contributed by atoms with Crippen LogP contribution in [-0.4, -0.2) is 29.2 Å². The van der Waals surface area contributed by atoms with Gasteiger partial charge in [0.15, 0.2) is 0 Å². The zero-order valence-electron chi connectivity index (χ0n) is 10.6. The van der Waals surface area contributed by atoms with Crippen LogP contribution in [-0.2, 0) is 6.54 Å². The topological polar surface area (TPSA) is 23.5 Å². The lowest BCUT2D eigenvalue weighted by Gasteiger charge is -2.28. The molecule has 1 aliphatic carbocycles. The van der Waals surface area contributed by atoms with Crippen LogP contribution in [0.15, 0.2) is 18.2 Å². The van der Waals surface area contributed by atoms with Gasteiger partial charge in [0.25, 0.3) is 0 Å². The Hall–Kier alpha value is -0.640. The second-order valence-corrected chi connectivity index (χ2v) is 5.71. The van der Waals surface area contributed by atoms with Crippen molar-refractivity contribution >= 4 is 11.6 Å². The van der Waals surface area contributed by atoms with Crippen molar-refractivity contribution in [2.75, 3.05) is 13.6 Å². The average Bonchev–Trinajstić information content (AvgIpc) is 2.70. The van der Waals surface area contributed by atoms with E-state index in [1.807, 2.05) is 11.9 Å². The molecular formula is C14H19ClFNO. The van der Waals surface area contributed by atoms with E-state index >= 15 is 0 Å². The van der Waals surface area contributed by atoms with Crippen molar-refractivity contribution in [3.63, 3.8) is 0 Å². The fourth-order valence-electron chi connectivity index (χ4n) is 2.70. The fraction of sp³-hybridized carbons (Fsp3) is 0.571. The van der Waals surface area contributed by atoms with Crippen molar-refractivity contribution in [1.82, 2.24) is 4.90 Å². The van der Waals surface area contributed by atoms with E-state index in [9.17, 15) is 9.50 Å². The maximum Gasteiger partial charge on any atom is 0.129 e. The molecule has 0 saturated heterocycles. The number of rotatable bonds is 4. The van der Waals surface area contributed by atoms with Gasteiger partial charge < -0.3 is 5.11 Å². The zero-order chi connectivity index (χ0) is 13.2. The van der Waals surface area contributed by atoms with Gasteiger partial charge in [-0.1, -0.05) is 30.5 Å². The Morgan fingerprint density at radius 2 is 2.06 bits per heavy atom. The molecule has 0 spiro atoms. The number of halogens is 2. The molecule has 0 aliphatic heterocycles. The van der Waals surface area contributed by atoms with E-state index in [1.54, 1.807) is 12.1 Å². The van der Waals surface area contributed by atoms with Crippen LogP contribution < -0.4 is 0 Å². The molecule has 1 saturated carbocycles. The summed E-state index contributed by atoms with van der Waals surface area (Å²) in [6.07, 6.45) is 3.82. The first kappa shape index (κ1) is 13.8. The quantitative estimate of drug-likeness (QED) is 0.909. The maximum atomic E-state index is 13.6. The summed E-state index contributed by atoms with van der Waals surface area (Å²) in [4.78, 5) is 1.94. The van der Waals surface area contributed by atoms with E-state index in [4.69, 9.17) is 11.6 Å². The highest BCUT2D eigenvalue weighted by molar-refractivity contribution is 6.31. The Morgan fingerprint density at radius 1 is 1.39 bits per heavy atom. The number of nitrogens with zero attached hydrogens (tertiary/aromatic N) is 1. The van der Waals surface area contributed by atoms with Crippen molar-refractivity contribution in [1.29, 1.82) is 0 Å². The van der Waals surface area contributed by atoms with Crippen LogP contribution in [0.25, 0.3) is 0 Å². The highest BCUT2D eigenvalue weighted by Crippen LogP contribution is 2.30. The molecule has 1 N–H and O–H groups in total. The Morgan fingerprint density at radius 3 is 2.67 bits per heavy atom. The molecule has 0 bridgehead atoms. The van der Waals surface area contributed by atoms with Gasteiger partial charge in [-0.2, -0.15) is 0 Å². The predicted molar refractivity (Wildman–Crippen MR) is 71.2 cm³/mol. The number of likely N-dealkylation sites (N-methyl/N-ethyl adjacent to an activating group) is 1. The van der Waals surface area contributed by atoms with Gasteiger partial charge in [-0.15, -0.1) is 0 Å². The molecule has 4 heteroatoms. The molecule has 0 amide bonds.